The fourth-order valence-electron chi connectivity index (χ4n) is 2.24. The Morgan fingerprint density at radius 1 is 0.905 bits per heavy atom. The van der Waals surface area contributed by atoms with Gasteiger partial charge in [0, 0.05) is 20.0 Å². The Kier molecular flexibility index (Phi) is 3.79. The van der Waals surface area contributed by atoms with Crippen LogP contribution in [0.1, 0.15) is 10.4 Å². The van der Waals surface area contributed by atoms with E-state index in [4.69, 9.17) is 0 Å². The van der Waals surface area contributed by atoms with Gasteiger partial charge in [0.1, 0.15) is 5.75 Å². The molecule has 4 heteroatoms. The number of halogens is 1. The van der Waals surface area contributed by atoms with Gasteiger partial charge in [0.2, 0.25) is 0 Å². The van der Waals surface area contributed by atoms with E-state index in [-0.39, 0.29) is 11.7 Å². The van der Waals surface area contributed by atoms with Crippen LogP contribution in [0.2, 0.25) is 0 Å². The third-order valence-corrected chi connectivity index (χ3v) is 4.21. The highest BCUT2D eigenvalue weighted by atomic mass is 127. The molecule has 0 saturated carbocycles. The number of fused-ring (bicyclic) bond motifs is 1. The van der Waals surface area contributed by atoms with Gasteiger partial charge in [-0.2, -0.15) is 0 Å². The molecule has 1 amide bonds. The average Bonchev–Trinajstić information content (AvgIpc) is 2.49. The molecule has 0 heterocycles. The molecule has 0 radical (unpaired) electrons. The van der Waals surface area contributed by atoms with Gasteiger partial charge in [-0.3, -0.25) is 4.79 Å². The van der Waals surface area contributed by atoms with E-state index in [0.717, 1.165) is 14.3 Å². The van der Waals surface area contributed by atoms with E-state index in [0.29, 0.717) is 11.3 Å². The largest absolute Gasteiger partial charge is 0.507 e. The second-order valence-corrected chi connectivity index (χ2v) is 5.77. The first-order valence-electron chi connectivity index (χ1n) is 6.43. The minimum atomic E-state index is -0.157. The van der Waals surface area contributed by atoms with Gasteiger partial charge in [0.25, 0.3) is 5.91 Å². The van der Waals surface area contributed by atoms with E-state index in [2.05, 4.69) is 27.9 Å². The van der Waals surface area contributed by atoms with Gasteiger partial charge >= 0.3 is 0 Å². The van der Waals surface area contributed by atoms with Crippen LogP contribution in [0.3, 0.4) is 0 Å². The summed E-state index contributed by atoms with van der Waals surface area (Å²) in [6.45, 7) is 0. The Morgan fingerprint density at radius 3 is 2.43 bits per heavy atom. The number of hydrogen-bond donors (Lipinski definition) is 2. The lowest BCUT2D eigenvalue weighted by molar-refractivity contribution is 0.102. The molecule has 0 saturated heterocycles. The van der Waals surface area contributed by atoms with Crippen molar-refractivity contribution in [2.24, 2.45) is 0 Å². The van der Waals surface area contributed by atoms with Crippen molar-refractivity contribution in [2.45, 2.75) is 0 Å². The van der Waals surface area contributed by atoms with Crippen LogP contribution in [0.5, 0.6) is 5.75 Å². The molecule has 21 heavy (non-hydrogen) atoms. The van der Waals surface area contributed by atoms with Gasteiger partial charge in [-0.15, -0.1) is 0 Å². The molecular weight excluding hydrogens is 377 g/mol. The smallest absolute Gasteiger partial charge is 0.256 e. The predicted molar refractivity (Wildman–Crippen MR) is 92.7 cm³/mol. The van der Waals surface area contributed by atoms with Crippen molar-refractivity contribution in [3.05, 3.63) is 69.8 Å². The molecule has 0 unspecified atom stereocenters. The van der Waals surface area contributed by atoms with E-state index in [1.54, 1.807) is 18.2 Å². The summed E-state index contributed by atoms with van der Waals surface area (Å²) in [6, 6.07) is 18.2. The van der Waals surface area contributed by atoms with E-state index < -0.39 is 0 Å². The van der Waals surface area contributed by atoms with Crippen LogP contribution < -0.4 is 5.32 Å². The lowest BCUT2D eigenvalue weighted by atomic mass is 10.1. The number of amides is 1. The van der Waals surface area contributed by atoms with Gasteiger partial charge in [-0.1, -0.05) is 36.4 Å². The number of phenolic OH excluding ortho intramolecular Hbond substituents is 1. The van der Waals surface area contributed by atoms with Crippen LogP contribution in [0.15, 0.2) is 60.7 Å². The number of hydrogen-bond acceptors (Lipinski definition) is 2. The van der Waals surface area contributed by atoms with Gasteiger partial charge in [0.05, 0.1) is 5.56 Å². The average molecular weight is 389 g/mol. The molecule has 0 fully saturated rings. The van der Waals surface area contributed by atoms with Crippen molar-refractivity contribution >= 4 is 45.0 Å². The van der Waals surface area contributed by atoms with Crippen molar-refractivity contribution in [3.63, 3.8) is 0 Å². The summed E-state index contributed by atoms with van der Waals surface area (Å²) >= 11 is 2.14. The maximum absolute atomic E-state index is 12.4. The molecule has 104 valence electrons. The Morgan fingerprint density at radius 2 is 1.62 bits per heavy atom. The summed E-state index contributed by atoms with van der Waals surface area (Å²) in [4.78, 5) is 12.4. The SMILES string of the molecule is O=C(Nc1cccc2c(O)cccc12)c1ccccc1I. The van der Waals surface area contributed by atoms with Crippen molar-refractivity contribution in [3.8, 4) is 5.75 Å². The predicted octanol–water partition coefficient (Wildman–Crippen LogP) is 4.40. The highest BCUT2D eigenvalue weighted by Gasteiger charge is 2.11. The Bertz CT molecular complexity index is 830. The van der Waals surface area contributed by atoms with Crippen molar-refractivity contribution in [2.75, 3.05) is 5.32 Å². The number of benzene rings is 3. The van der Waals surface area contributed by atoms with Gasteiger partial charge < -0.3 is 10.4 Å². The normalized spacial score (nSPS) is 10.5. The van der Waals surface area contributed by atoms with Gasteiger partial charge in [-0.05, 0) is 46.9 Å². The second kappa shape index (κ2) is 5.73. The molecule has 0 atom stereocenters. The van der Waals surface area contributed by atoms with Crippen LogP contribution >= 0.6 is 22.6 Å². The minimum Gasteiger partial charge on any atom is -0.507 e. The van der Waals surface area contributed by atoms with Crippen LogP contribution in [-0.4, -0.2) is 11.0 Å². The Hall–Kier alpha value is -2.08. The standard InChI is InChI=1S/C17H12INO2/c18-14-8-2-1-5-13(14)17(21)19-15-9-3-7-12-11(15)6-4-10-16(12)20/h1-10,20H,(H,19,21). The van der Waals surface area contributed by atoms with Crippen LogP contribution in [0, 0.1) is 3.57 Å². The number of carbonyl (C=O) groups is 1. The zero-order valence-corrected chi connectivity index (χ0v) is 13.2. The first-order chi connectivity index (χ1) is 10.2. The zero-order chi connectivity index (χ0) is 14.8. The number of aromatic hydroxyl groups is 1. The number of rotatable bonds is 2. The Labute approximate surface area is 135 Å². The van der Waals surface area contributed by atoms with E-state index >= 15 is 0 Å². The van der Waals surface area contributed by atoms with Gasteiger partial charge in [0.15, 0.2) is 0 Å². The highest BCUT2D eigenvalue weighted by molar-refractivity contribution is 14.1. The molecule has 0 spiro atoms. The summed E-state index contributed by atoms with van der Waals surface area (Å²) < 4.78 is 0.899. The lowest BCUT2D eigenvalue weighted by Crippen LogP contribution is -2.13. The molecule has 0 aliphatic carbocycles. The first kappa shape index (κ1) is 13.9. The number of anilines is 1. The summed E-state index contributed by atoms with van der Waals surface area (Å²) in [5, 5.41) is 14.3. The molecular formula is C17H12INO2. The van der Waals surface area contributed by atoms with E-state index in [1.807, 2.05) is 42.5 Å². The summed E-state index contributed by atoms with van der Waals surface area (Å²) in [7, 11) is 0. The summed E-state index contributed by atoms with van der Waals surface area (Å²) in [5.41, 5.74) is 1.32. The van der Waals surface area contributed by atoms with Crippen molar-refractivity contribution < 1.29 is 9.90 Å². The lowest BCUT2D eigenvalue weighted by Gasteiger charge is -2.10. The maximum Gasteiger partial charge on any atom is 0.256 e. The van der Waals surface area contributed by atoms with Crippen LogP contribution in [-0.2, 0) is 0 Å². The van der Waals surface area contributed by atoms with E-state index in [1.165, 1.54) is 0 Å². The summed E-state index contributed by atoms with van der Waals surface area (Å²) in [5.74, 6) is 0.0498. The van der Waals surface area contributed by atoms with Crippen molar-refractivity contribution in [1.82, 2.24) is 0 Å². The minimum absolute atomic E-state index is 0.157. The highest BCUT2D eigenvalue weighted by Crippen LogP contribution is 2.30. The summed E-state index contributed by atoms with van der Waals surface area (Å²) in [6.07, 6.45) is 0. The first-order valence-corrected chi connectivity index (χ1v) is 7.51. The van der Waals surface area contributed by atoms with Crippen molar-refractivity contribution in [1.29, 1.82) is 0 Å². The molecule has 0 aliphatic heterocycles. The Balaban J connectivity index is 2.01. The molecule has 0 aromatic heterocycles. The fraction of sp³-hybridized carbons (Fsp3) is 0. The molecule has 0 aliphatic rings. The monoisotopic (exact) mass is 389 g/mol. The molecule has 3 aromatic carbocycles. The number of carbonyl (C=O) groups excluding carboxylic acids is 1. The van der Waals surface area contributed by atoms with Crippen LogP contribution in [0.4, 0.5) is 5.69 Å². The molecule has 3 nitrogen and oxygen atoms in total. The van der Waals surface area contributed by atoms with Crippen LogP contribution in [0.25, 0.3) is 10.8 Å². The molecule has 3 rings (SSSR count). The third kappa shape index (κ3) is 2.71. The fourth-order valence-corrected chi connectivity index (χ4v) is 2.87. The zero-order valence-electron chi connectivity index (χ0n) is 11.0. The molecule has 2 N–H and O–H groups in total. The van der Waals surface area contributed by atoms with Gasteiger partial charge in [-0.25, -0.2) is 0 Å². The maximum atomic E-state index is 12.4. The van der Waals surface area contributed by atoms with E-state index in [9.17, 15) is 9.90 Å². The number of phenols is 1. The second-order valence-electron chi connectivity index (χ2n) is 4.61. The quantitative estimate of drug-likeness (QED) is 0.639. The topological polar surface area (TPSA) is 49.3 Å². The third-order valence-electron chi connectivity index (χ3n) is 3.27. The molecule has 0 bridgehead atoms. The molecule has 3 aromatic rings. The number of nitrogens with one attached hydrogen (secondary N) is 1.